The maximum atomic E-state index is 5.10. The summed E-state index contributed by atoms with van der Waals surface area (Å²) < 4.78 is 5.10. The smallest absolute Gasteiger partial charge is 0.0888 e. The summed E-state index contributed by atoms with van der Waals surface area (Å²) in [6.45, 7) is 1.85. The van der Waals surface area contributed by atoms with Crippen LogP contribution in [0.1, 0.15) is 12.8 Å². The largest absolute Gasteiger partial charge is 1.00 e. The van der Waals surface area contributed by atoms with Crippen LogP contribution in [0.5, 0.6) is 0 Å². The molecule has 2 nitrogen and oxygen atoms in total. The molecule has 3 heteroatoms. The molecule has 0 spiro atoms. The average Bonchev–Trinajstić information content (AvgIpc) is 1.69. The van der Waals surface area contributed by atoms with E-state index >= 15 is 0 Å². The zero-order valence-electron chi connectivity index (χ0n) is 4.90. The minimum absolute atomic E-state index is 0. The summed E-state index contributed by atoms with van der Waals surface area (Å²) in [5.41, 5.74) is 3.92. The Hall–Kier alpha value is 0.210. The molecule has 0 amide bonds. The van der Waals surface area contributed by atoms with Crippen LogP contribution in [-0.2, 0) is 4.74 Å². The van der Waals surface area contributed by atoms with Crippen LogP contribution in [0.2, 0.25) is 0 Å². The van der Waals surface area contributed by atoms with Crippen molar-refractivity contribution < 1.29 is 22.9 Å². The third kappa shape index (κ3) is 2.50. The van der Waals surface area contributed by atoms with Gasteiger partial charge in [0.05, 0.1) is 19.3 Å². The van der Waals surface area contributed by atoms with E-state index in [0.717, 1.165) is 26.1 Å². The fourth-order valence-electron chi connectivity index (χ4n) is 0.746. The lowest BCUT2D eigenvalue weighted by Gasteiger charge is -2.13. The third-order valence-electron chi connectivity index (χ3n) is 1.34. The summed E-state index contributed by atoms with van der Waals surface area (Å²) in [6.07, 6.45) is 2.31. The molecule has 0 radical (unpaired) electrons. The standard InChI is InChI=1S/C5H11NO.ClH/c6-5-1-3-7-4-2-5;/h5H,1-4,6H2;1H. The van der Waals surface area contributed by atoms with Crippen molar-refractivity contribution in [1.29, 1.82) is 0 Å². The van der Waals surface area contributed by atoms with Crippen LogP contribution in [0.4, 0.5) is 0 Å². The van der Waals surface area contributed by atoms with E-state index in [9.17, 15) is 0 Å². The van der Waals surface area contributed by atoms with Gasteiger partial charge in [-0.1, -0.05) is 0 Å². The van der Waals surface area contributed by atoms with E-state index < -0.39 is 0 Å². The molecule has 0 aromatic heterocycles. The summed E-state index contributed by atoms with van der Waals surface area (Å²) in [5.74, 6) is 0. The van der Waals surface area contributed by atoms with Gasteiger partial charge in [-0.25, -0.2) is 0 Å². The fourth-order valence-corrected chi connectivity index (χ4v) is 0.746. The predicted octanol–water partition coefficient (Wildman–Crippen LogP) is -3.59. The number of ether oxygens (including phenoxy) is 1. The summed E-state index contributed by atoms with van der Waals surface area (Å²) in [4.78, 5) is 0. The molecule has 1 aliphatic rings. The van der Waals surface area contributed by atoms with Crippen LogP contribution < -0.4 is 18.1 Å². The van der Waals surface area contributed by atoms with Gasteiger partial charge in [0.25, 0.3) is 0 Å². The highest BCUT2D eigenvalue weighted by molar-refractivity contribution is 4.56. The van der Waals surface area contributed by atoms with Crippen molar-refractivity contribution in [3.05, 3.63) is 0 Å². The molecule has 1 saturated heterocycles. The molecule has 1 aliphatic heterocycles. The van der Waals surface area contributed by atoms with Gasteiger partial charge in [-0.05, 0) is 0 Å². The molecule has 0 aromatic carbocycles. The Morgan fingerprint density at radius 2 is 1.75 bits per heavy atom. The minimum atomic E-state index is 0. The molecule has 0 atom stereocenters. The van der Waals surface area contributed by atoms with Crippen molar-refractivity contribution in [3.8, 4) is 0 Å². The highest BCUT2D eigenvalue weighted by atomic mass is 35.5. The molecule has 8 heavy (non-hydrogen) atoms. The van der Waals surface area contributed by atoms with Crippen LogP contribution in [0.15, 0.2) is 0 Å². The first-order valence-electron chi connectivity index (χ1n) is 2.80. The normalized spacial score (nSPS) is 22.1. The lowest BCUT2D eigenvalue weighted by molar-refractivity contribution is -0.429. The first-order chi connectivity index (χ1) is 3.39. The van der Waals surface area contributed by atoms with Crippen LogP contribution in [0.25, 0.3) is 0 Å². The second-order valence-corrected chi connectivity index (χ2v) is 2.06. The quantitative estimate of drug-likeness (QED) is 0.368. The van der Waals surface area contributed by atoms with E-state index in [1.807, 2.05) is 0 Å². The van der Waals surface area contributed by atoms with E-state index in [2.05, 4.69) is 5.73 Å². The second kappa shape index (κ2) is 4.13. The molecule has 0 unspecified atom stereocenters. The van der Waals surface area contributed by atoms with E-state index in [-0.39, 0.29) is 12.4 Å². The van der Waals surface area contributed by atoms with E-state index in [0.29, 0.717) is 6.04 Å². The van der Waals surface area contributed by atoms with Crippen LogP contribution in [0, 0.1) is 0 Å². The van der Waals surface area contributed by atoms with Gasteiger partial charge < -0.3 is 22.9 Å². The highest BCUT2D eigenvalue weighted by Crippen LogP contribution is 1.99. The fraction of sp³-hybridized carbons (Fsp3) is 1.00. The zero-order chi connectivity index (χ0) is 5.11. The number of hydrogen-bond acceptors (Lipinski definition) is 1. The lowest BCUT2D eigenvalue weighted by atomic mass is 10.1. The lowest BCUT2D eigenvalue weighted by Crippen LogP contribution is -3.00. The molecule has 0 bridgehead atoms. The first-order valence-corrected chi connectivity index (χ1v) is 2.80. The summed E-state index contributed by atoms with van der Waals surface area (Å²) >= 11 is 0. The van der Waals surface area contributed by atoms with Gasteiger partial charge in [0.2, 0.25) is 0 Å². The van der Waals surface area contributed by atoms with Gasteiger partial charge >= 0.3 is 0 Å². The van der Waals surface area contributed by atoms with Gasteiger partial charge in [0.15, 0.2) is 0 Å². The Bertz CT molecular complexity index is 54.4. The maximum Gasteiger partial charge on any atom is 0.0888 e. The molecule has 1 fully saturated rings. The molecule has 0 aliphatic carbocycles. The van der Waals surface area contributed by atoms with Gasteiger partial charge in [-0.2, -0.15) is 0 Å². The van der Waals surface area contributed by atoms with Gasteiger partial charge in [-0.15, -0.1) is 0 Å². The van der Waals surface area contributed by atoms with Crippen LogP contribution in [-0.4, -0.2) is 19.3 Å². The monoisotopic (exact) mass is 137 g/mol. The second-order valence-electron chi connectivity index (χ2n) is 2.06. The third-order valence-corrected chi connectivity index (χ3v) is 1.34. The van der Waals surface area contributed by atoms with Gasteiger partial charge in [-0.3, -0.25) is 0 Å². The van der Waals surface area contributed by atoms with Gasteiger partial charge in [0.1, 0.15) is 0 Å². The van der Waals surface area contributed by atoms with E-state index in [1.165, 1.54) is 0 Å². The maximum absolute atomic E-state index is 5.10. The van der Waals surface area contributed by atoms with Crippen molar-refractivity contribution in [2.45, 2.75) is 18.9 Å². The molecule has 0 aromatic rings. The topological polar surface area (TPSA) is 36.9 Å². The molecule has 50 valence electrons. The van der Waals surface area contributed by atoms with E-state index in [1.54, 1.807) is 0 Å². The molecule has 0 saturated carbocycles. The highest BCUT2D eigenvalue weighted by Gasteiger charge is 2.09. The molecular formula is C5H12ClNO. The summed E-state index contributed by atoms with van der Waals surface area (Å²) in [5, 5.41) is 0. The Morgan fingerprint density at radius 1 is 1.25 bits per heavy atom. The number of hydrogen-bond donors (Lipinski definition) is 1. The predicted molar refractivity (Wildman–Crippen MR) is 26.7 cm³/mol. The van der Waals surface area contributed by atoms with Crippen molar-refractivity contribution in [2.75, 3.05) is 13.2 Å². The molecule has 3 N–H and O–H groups in total. The first kappa shape index (κ1) is 8.21. The van der Waals surface area contributed by atoms with Gasteiger partial charge in [0, 0.05) is 12.8 Å². The van der Waals surface area contributed by atoms with Crippen molar-refractivity contribution >= 4 is 0 Å². The molecular weight excluding hydrogens is 126 g/mol. The van der Waals surface area contributed by atoms with Crippen LogP contribution in [0.3, 0.4) is 0 Å². The Labute approximate surface area is 55.8 Å². The number of halogens is 1. The Kier molecular flexibility index (Phi) is 4.23. The molecule has 1 heterocycles. The Balaban J connectivity index is 0.000000490. The van der Waals surface area contributed by atoms with Crippen molar-refractivity contribution in [2.24, 2.45) is 0 Å². The Morgan fingerprint density at radius 3 is 2.00 bits per heavy atom. The number of quaternary nitrogens is 1. The van der Waals surface area contributed by atoms with Crippen molar-refractivity contribution in [3.63, 3.8) is 0 Å². The minimum Gasteiger partial charge on any atom is -1.00 e. The average molecular weight is 138 g/mol. The number of rotatable bonds is 0. The van der Waals surface area contributed by atoms with E-state index in [4.69, 9.17) is 4.74 Å². The zero-order valence-corrected chi connectivity index (χ0v) is 5.66. The SMILES string of the molecule is [Cl-].[NH3+]C1CCOCC1. The molecule has 1 rings (SSSR count). The summed E-state index contributed by atoms with van der Waals surface area (Å²) in [7, 11) is 0. The van der Waals surface area contributed by atoms with Crippen molar-refractivity contribution in [1.82, 2.24) is 0 Å². The van der Waals surface area contributed by atoms with Crippen LogP contribution >= 0.6 is 0 Å². The summed E-state index contributed by atoms with van der Waals surface area (Å²) in [6, 6.07) is 0.661.